The number of aromatic nitrogens is 5. The van der Waals surface area contributed by atoms with E-state index in [4.69, 9.17) is 40.2 Å². The van der Waals surface area contributed by atoms with Gasteiger partial charge in [-0.1, -0.05) is 81.8 Å². The molecule has 74 heavy (non-hydrogen) atoms. The van der Waals surface area contributed by atoms with Gasteiger partial charge in [-0.05, 0) is 90.7 Å². The highest BCUT2D eigenvalue weighted by molar-refractivity contribution is 7.88. The number of hydrogen-bond donors (Lipinski definition) is 6. The molecule has 3 aromatic heterocycles. The molecule has 8 N–H and O–H groups in total. The van der Waals surface area contributed by atoms with Crippen molar-refractivity contribution in [2.24, 2.45) is 11.8 Å². The van der Waals surface area contributed by atoms with Gasteiger partial charge in [0.1, 0.15) is 60.1 Å². The van der Waals surface area contributed by atoms with Gasteiger partial charge < -0.3 is 55.9 Å². The minimum Gasteiger partial charge on any atom is -0.491 e. The molecule has 408 valence electrons. The van der Waals surface area contributed by atoms with Crippen LogP contribution in [0.1, 0.15) is 87.8 Å². The number of rotatable bonds is 15. The average Bonchev–Trinajstić information content (AvgIpc) is 4.24. The number of ether oxygens (including phenoxy) is 3. The van der Waals surface area contributed by atoms with Gasteiger partial charge in [-0.2, -0.15) is 0 Å². The fourth-order valence-corrected chi connectivity index (χ4v) is 10.00. The van der Waals surface area contributed by atoms with Crippen molar-refractivity contribution in [1.29, 1.82) is 0 Å². The van der Waals surface area contributed by atoms with Crippen LogP contribution in [0.4, 0.5) is 17.5 Å². The summed E-state index contributed by atoms with van der Waals surface area (Å²) in [5.41, 5.74) is 17.8. The Bertz CT molecular complexity index is 2560. The first-order valence-corrected chi connectivity index (χ1v) is 28.0. The van der Waals surface area contributed by atoms with Gasteiger partial charge in [-0.15, -0.1) is 0 Å². The number of nitrogens with two attached hydrogens (primary N) is 2. The number of aliphatic hydroxyl groups is 2. The third-order valence-corrected chi connectivity index (χ3v) is 14.3. The number of nitrogen functional groups attached to an aromatic ring is 2. The van der Waals surface area contributed by atoms with E-state index in [1.165, 1.54) is 57.6 Å². The molecule has 9 rings (SSSR count). The predicted molar refractivity (Wildman–Crippen MR) is 294 cm³/mol. The normalized spacial score (nSPS) is 18.0. The maximum absolute atomic E-state index is 11.9. The number of benzene rings is 2. The maximum Gasteiger partial charge on any atom is 0.211 e. The molecule has 3 aliphatic heterocycles. The Labute approximate surface area is 439 Å². The molecule has 4 atom stereocenters. The molecular formula is C54H83N11O8S. The monoisotopic (exact) mass is 1050 g/mol. The summed E-state index contributed by atoms with van der Waals surface area (Å²) < 4.78 is 47.0. The van der Waals surface area contributed by atoms with E-state index >= 15 is 0 Å². The van der Waals surface area contributed by atoms with Crippen molar-refractivity contribution in [3.63, 3.8) is 0 Å². The molecule has 0 radical (unpaired) electrons. The lowest BCUT2D eigenvalue weighted by Crippen LogP contribution is -2.33. The van der Waals surface area contributed by atoms with E-state index in [0.717, 1.165) is 65.6 Å². The van der Waals surface area contributed by atoms with Crippen molar-refractivity contribution >= 4 is 27.5 Å². The number of sulfonamides is 1. The van der Waals surface area contributed by atoms with Gasteiger partial charge in [-0.3, -0.25) is 0 Å². The second kappa shape index (κ2) is 29.6. The Hall–Kier alpha value is -5.48. The van der Waals surface area contributed by atoms with Crippen LogP contribution < -0.4 is 36.5 Å². The molecule has 4 fully saturated rings. The van der Waals surface area contributed by atoms with Gasteiger partial charge in [0, 0.05) is 74.7 Å². The van der Waals surface area contributed by atoms with Gasteiger partial charge >= 0.3 is 0 Å². The van der Waals surface area contributed by atoms with Gasteiger partial charge in [0.15, 0.2) is 11.6 Å². The molecule has 6 heterocycles. The standard InChI is InChI=1S/C22H32N6O4S.C20H25N5O3.C6H12.C4H8O.C2H6/c1-14-20(23)25-21(15-5-4-6-19(7-15)32-13-18(29)8-24-2)26-22(14)27-9-16-11-28(33(3,30)31)12-17(16)10-27;1-11-18(17-12(2)25-28-13(17)3)23-20(24-19(11)21)14-6-5-7-16(8-14)27-10-15(26)9-22-4;1-2-4-6-5-3-1;1-2-4-5-3-1;1-2/h4-7,16-18,24,29H,8-13H2,1-3H3,(H2,23,25,26);5-8,15,22,26H,9-10H2,1-4H3,(H2,21,23,24);1-6H2;1-4H2;1-2H3. The van der Waals surface area contributed by atoms with Crippen LogP contribution >= 0.6 is 0 Å². The molecule has 3 saturated heterocycles. The Kier molecular flexibility index (Phi) is 23.7. The van der Waals surface area contributed by atoms with E-state index in [0.29, 0.717) is 72.4 Å². The SMILES string of the molecule is C1CCCCC1.C1CCOC1.CC.CNCC(O)COc1cccc(-c2nc(N)c(C)c(-c3c(C)noc3C)n2)c1.CNCC(O)COc1cccc(-c2nc(N)c(C)c(N3CC4CN(S(C)(=O)=O)CC4C3)n2)c1. The van der Waals surface area contributed by atoms with Crippen molar-refractivity contribution < 1.29 is 37.4 Å². The first kappa shape index (κ1) is 59.4. The average molecular weight is 1050 g/mol. The summed E-state index contributed by atoms with van der Waals surface area (Å²) in [5, 5.41) is 29.5. The molecule has 0 bridgehead atoms. The zero-order chi connectivity index (χ0) is 53.8. The molecule has 4 unspecified atom stereocenters. The zero-order valence-electron chi connectivity index (χ0n) is 45.2. The number of nitrogens with one attached hydrogen (secondary N) is 2. The molecule has 0 amide bonds. The third-order valence-electron chi connectivity index (χ3n) is 13.1. The number of anilines is 3. The first-order chi connectivity index (χ1) is 35.6. The van der Waals surface area contributed by atoms with Crippen molar-refractivity contribution in [1.82, 2.24) is 40.0 Å². The zero-order valence-corrected chi connectivity index (χ0v) is 46.0. The Morgan fingerprint density at radius 3 is 1.59 bits per heavy atom. The summed E-state index contributed by atoms with van der Waals surface area (Å²) in [6, 6.07) is 14.8. The summed E-state index contributed by atoms with van der Waals surface area (Å²) in [5.74, 6) is 5.06. The van der Waals surface area contributed by atoms with Gasteiger partial charge in [0.05, 0.1) is 23.2 Å². The first-order valence-electron chi connectivity index (χ1n) is 26.2. The van der Waals surface area contributed by atoms with E-state index in [2.05, 4.69) is 30.7 Å². The second-order valence-corrected chi connectivity index (χ2v) is 21.0. The number of fused-ring (bicyclic) bond motifs is 1. The summed E-state index contributed by atoms with van der Waals surface area (Å²) >= 11 is 0. The van der Waals surface area contributed by atoms with Crippen LogP contribution in [-0.4, -0.2) is 146 Å². The van der Waals surface area contributed by atoms with Crippen molar-refractivity contribution in [2.75, 3.05) is 102 Å². The number of likely N-dealkylation sites (N-methyl/N-ethyl adjacent to an activating group) is 2. The van der Waals surface area contributed by atoms with Crippen molar-refractivity contribution in [3.8, 4) is 45.5 Å². The largest absolute Gasteiger partial charge is 0.491 e. The lowest BCUT2D eigenvalue weighted by atomic mass is 10.0. The third kappa shape index (κ3) is 17.3. The van der Waals surface area contributed by atoms with Crippen molar-refractivity contribution in [2.45, 2.75) is 105 Å². The van der Waals surface area contributed by atoms with Crippen molar-refractivity contribution in [3.05, 3.63) is 71.1 Å². The van der Waals surface area contributed by atoms with E-state index in [1.807, 2.05) is 90.1 Å². The van der Waals surface area contributed by atoms with Crippen LogP contribution in [-0.2, 0) is 14.8 Å². The van der Waals surface area contributed by atoms with Crippen LogP contribution in [0, 0.1) is 39.5 Å². The van der Waals surface area contributed by atoms with E-state index in [9.17, 15) is 18.6 Å². The smallest absolute Gasteiger partial charge is 0.211 e. The molecule has 20 heteroatoms. The Morgan fingerprint density at radius 1 is 0.703 bits per heavy atom. The summed E-state index contributed by atoms with van der Waals surface area (Å²) in [7, 11) is 0.387. The molecule has 4 aliphatic rings. The van der Waals surface area contributed by atoms with Gasteiger partial charge in [0.2, 0.25) is 10.0 Å². The van der Waals surface area contributed by atoms with Crippen LogP contribution in [0.15, 0.2) is 53.1 Å². The Morgan fingerprint density at radius 2 is 1.18 bits per heavy atom. The second-order valence-electron chi connectivity index (χ2n) is 19.0. The van der Waals surface area contributed by atoms with Crippen LogP contribution in [0.3, 0.4) is 0 Å². The topological polar surface area (TPSA) is 262 Å². The lowest BCUT2D eigenvalue weighted by Gasteiger charge is -2.23. The maximum atomic E-state index is 11.9. The quantitative estimate of drug-likeness (QED) is 0.0633. The Balaban J connectivity index is 0.000000222. The molecule has 1 aliphatic carbocycles. The van der Waals surface area contributed by atoms with Crippen LogP contribution in [0.5, 0.6) is 11.5 Å². The minimum atomic E-state index is -3.16. The summed E-state index contributed by atoms with van der Waals surface area (Å²) in [6.45, 7) is 17.3. The molecule has 2 aromatic carbocycles. The summed E-state index contributed by atoms with van der Waals surface area (Å²) in [4.78, 5) is 20.7. The highest BCUT2D eigenvalue weighted by Gasteiger charge is 2.43. The van der Waals surface area contributed by atoms with Crippen LogP contribution in [0.25, 0.3) is 34.0 Å². The highest BCUT2D eigenvalue weighted by Crippen LogP contribution is 2.37. The predicted octanol–water partition coefficient (Wildman–Crippen LogP) is 6.75. The van der Waals surface area contributed by atoms with E-state index in [1.54, 1.807) is 18.4 Å². The van der Waals surface area contributed by atoms with E-state index < -0.39 is 22.2 Å². The molecule has 19 nitrogen and oxygen atoms in total. The number of hydrogen-bond acceptors (Lipinski definition) is 18. The van der Waals surface area contributed by atoms with Crippen LogP contribution in [0.2, 0.25) is 0 Å². The highest BCUT2D eigenvalue weighted by atomic mass is 32.2. The molecular weight excluding hydrogens is 963 g/mol. The number of aryl methyl sites for hydroxylation is 2. The fraction of sp³-hybridized carbons (Fsp3) is 0.574. The lowest BCUT2D eigenvalue weighted by molar-refractivity contribution is 0.108. The number of aliphatic hydroxyl groups excluding tert-OH is 2. The molecule has 5 aromatic rings. The fourth-order valence-electron chi connectivity index (χ4n) is 9.07. The minimum absolute atomic E-state index is 0.174. The molecule has 1 saturated carbocycles. The molecule has 0 spiro atoms. The van der Waals surface area contributed by atoms with E-state index in [-0.39, 0.29) is 25.0 Å². The summed E-state index contributed by atoms with van der Waals surface area (Å²) in [6.07, 6.45) is 11.6. The van der Waals surface area contributed by atoms with Gasteiger partial charge in [-0.25, -0.2) is 32.7 Å². The number of nitrogens with zero attached hydrogens (tertiary/aromatic N) is 7. The van der Waals surface area contributed by atoms with Gasteiger partial charge in [0.25, 0.3) is 0 Å².